The third kappa shape index (κ3) is 4.52. The van der Waals surface area contributed by atoms with E-state index in [1.54, 1.807) is 19.2 Å². The molecule has 0 radical (unpaired) electrons. The number of hydrogen-bond acceptors (Lipinski definition) is 5. The summed E-state index contributed by atoms with van der Waals surface area (Å²) in [5.74, 6) is 3.10. The van der Waals surface area contributed by atoms with E-state index in [1.807, 2.05) is 24.4 Å². The summed E-state index contributed by atoms with van der Waals surface area (Å²) in [7, 11) is 3.10. The minimum absolute atomic E-state index is 0.0142. The minimum Gasteiger partial charge on any atom is -0.493 e. The molecule has 1 atom stereocenters. The number of amides is 1. The Morgan fingerprint density at radius 1 is 1.27 bits per heavy atom. The van der Waals surface area contributed by atoms with Crippen LogP contribution in [0.15, 0.2) is 29.6 Å². The molecule has 1 amide bonds. The van der Waals surface area contributed by atoms with Crippen molar-refractivity contribution < 1.29 is 19.1 Å². The third-order valence-electron chi connectivity index (χ3n) is 5.61. The summed E-state index contributed by atoms with van der Waals surface area (Å²) in [5.41, 5.74) is 1.31. The summed E-state index contributed by atoms with van der Waals surface area (Å²) >= 11 is 1.45. The van der Waals surface area contributed by atoms with E-state index in [2.05, 4.69) is 5.92 Å². The lowest BCUT2D eigenvalue weighted by Crippen LogP contribution is -2.38. The van der Waals surface area contributed by atoms with Crippen LogP contribution in [0.2, 0.25) is 0 Å². The average Bonchev–Trinajstić information content (AvgIpc) is 3.44. The molecule has 158 valence electrons. The second-order valence-corrected chi connectivity index (χ2v) is 8.54. The first-order valence-electron chi connectivity index (χ1n) is 10.1. The number of thiophene rings is 1. The lowest BCUT2D eigenvalue weighted by molar-refractivity contribution is -0.124. The van der Waals surface area contributed by atoms with Crippen molar-refractivity contribution in [3.63, 3.8) is 0 Å². The molecule has 1 aromatic carbocycles. The first-order valence-corrected chi connectivity index (χ1v) is 11.0. The van der Waals surface area contributed by atoms with Crippen LogP contribution < -0.4 is 14.4 Å². The molecule has 3 rings (SSSR count). The lowest BCUT2D eigenvalue weighted by Gasteiger charge is -2.30. The van der Waals surface area contributed by atoms with Gasteiger partial charge < -0.3 is 9.47 Å². The van der Waals surface area contributed by atoms with E-state index in [0.29, 0.717) is 29.5 Å². The van der Waals surface area contributed by atoms with Crippen molar-refractivity contribution in [3.05, 3.63) is 40.1 Å². The highest BCUT2D eigenvalue weighted by atomic mass is 32.1. The van der Waals surface area contributed by atoms with Crippen molar-refractivity contribution in [2.75, 3.05) is 19.1 Å². The van der Waals surface area contributed by atoms with Crippen molar-refractivity contribution in [1.82, 2.24) is 0 Å². The van der Waals surface area contributed by atoms with Crippen LogP contribution in [0.1, 0.15) is 48.6 Å². The monoisotopic (exact) mass is 425 g/mol. The van der Waals surface area contributed by atoms with Gasteiger partial charge >= 0.3 is 5.91 Å². The van der Waals surface area contributed by atoms with E-state index in [0.717, 1.165) is 36.1 Å². The molecule has 1 heterocycles. The van der Waals surface area contributed by atoms with Gasteiger partial charge in [-0.2, -0.15) is 0 Å². The molecule has 5 nitrogen and oxygen atoms in total. The molecule has 1 saturated carbocycles. The van der Waals surface area contributed by atoms with Crippen LogP contribution in [-0.2, 0) is 9.59 Å². The van der Waals surface area contributed by atoms with Crippen molar-refractivity contribution in [2.24, 2.45) is 5.92 Å². The first-order chi connectivity index (χ1) is 14.5. The van der Waals surface area contributed by atoms with Gasteiger partial charge in [0, 0.05) is 17.4 Å². The molecule has 0 bridgehead atoms. The number of Topliss-reactive ketones (excluding diaryl/α,β-unsaturated/α-hetero) is 1. The summed E-state index contributed by atoms with van der Waals surface area (Å²) in [6.07, 6.45) is 10.4. The van der Waals surface area contributed by atoms with Gasteiger partial charge in [0.25, 0.3) is 0 Å². The van der Waals surface area contributed by atoms with E-state index in [4.69, 9.17) is 15.9 Å². The van der Waals surface area contributed by atoms with E-state index < -0.39 is 11.9 Å². The number of carbonyl (C=O) groups is 2. The highest BCUT2D eigenvalue weighted by Crippen LogP contribution is 2.40. The van der Waals surface area contributed by atoms with Crippen molar-refractivity contribution in [1.29, 1.82) is 0 Å². The topological polar surface area (TPSA) is 55.8 Å². The van der Waals surface area contributed by atoms with Gasteiger partial charge in [-0.25, -0.2) is 0 Å². The number of rotatable bonds is 8. The highest BCUT2D eigenvalue weighted by Gasteiger charge is 2.35. The van der Waals surface area contributed by atoms with Crippen LogP contribution in [0, 0.1) is 25.2 Å². The Morgan fingerprint density at radius 2 is 2.00 bits per heavy atom. The van der Waals surface area contributed by atoms with Crippen molar-refractivity contribution >= 4 is 28.7 Å². The van der Waals surface area contributed by atoms with Gasteiger partial charge in [-0.1, -0.05) is 31.7 Å². The fourth-order valence-corrected chi connectivity index (χ4v) is 5.05. The summed E-state index contributed by atoms with van der Waals surface area (Å²) in [4.78, 5) is 28.6. The van der Waals surface area contributed by atoms with Crippen LogP contribution >= 0.6 is 11.3 Å². The zero-order valence-corrected chi connectivity index (χ0v) is 18.5. The largest absolute Gasteiger partial charge is 0.493 e. The van der Waals surface area contributed by atoms with E-state index in [9.17, 15) is 9.59 Å². The number of nitrogens with zero attached hydrogens (tertiary/aromatic N) is 1. The van der Waals surface area contributed by atoms with Gasteiger partial charge in [-0.05, 0) is 41.8 Å². The quantitative estimate of drug-likeness (QED) is 0.563. The molecule has 6 heteroatoms. The summed E-state index contributed by atoms with van der Waals surface area (Å²) in [6, 6.07) is 6.51. The molecule has 30 heavy (non-hydrogen) atoms. The number of methoxy groups -OCH3 is 2. The molecule has 1 unspecified atom stereocenters. The van der Waals surface area contributed by atoms with Gasteiger partial charge in [-0.3, -0.25) is 14.5 Å². The predicted octanol–water partition coefficient (Wildman–Crippen LogP) is 4.93. The van der Waals surface area contributed by atoms with Crippen LogP contribution in [-0.4, -0.2) is 25.9 Å². The molecule has 1 aliphatic rings. The Bertz CT molecular complexity index is 939. The number of anilines is 1. The van der Waals surface area contributed by atoms with E-state index in [-0.39, 0.29) is 5.78 Å². The van der Waals surface area contributed by atoms with E-state index >= 15 is 0 Å². The Labute approximate surface area is 182 Å². The number of hydrogen-bond donors (Lipinski definition) is 0. The van der Waals surface area contributed by atoms with Gasteiger partial charge in [0.05, 0.1) is 19.9 Å². The number of ether oxygens (including phenoxy) is 2. The molecule has 2 aromatic rings. The number of carbonyl (C=O) groups excluding carboxylic acids is 2. The van der Waals surface area contributed by atoms with Gasteiger partial charge in [0.15, 0.2) is 17.3 Å². The normalized spacial score (nSPS) is 14.7. The van der Waals surface area contributed by atoms with Gasteiger partial charge in [0.2, 0.25) is 0 Å². The number of benzene rings is 1. The molecule has 1 aliphatic carbocycles. The fraction of sp³-hybridized carbons (Fsp3) is 0.417. The second kappa shape index (κ2) is 9.82. The van der Waals surface area contributed by atoms with Crippen LogP contribution in [0.5, 0.6) is 11.5 Å². The third-order valence-corrected chi connectivity index (χ3v) is 6.53. The summed E-state index contributed by atoms with van der Waals surface area (Å²) in [6.45, 7) is 1.86. The number of aryl methyl sites for hydroxylation is 1. The Hall–Kier alpha value is -2.78. The van der Waals surface area contributed by atoms with Gasteiger partial charge in [-0.15, -0.1) is 17.8 Å². The standard InChI is InChI=1S/C24H27NO4S/c1-5-22(27)25(18-13-16(2)24(29-4)20(15-18)28-3)23(21-11-8-12-30-21)19(26)14-17-9-6-7-10-17/h1,8,11-13,15,17,23H,6-7,9-10,14H2,2-4H3. The van der Waals surface area contributed by atoms with Crippen molar-refractivity contribution in [3.8, 4) is 23.8 Å². The number of ketones is 1. The average molecular weight is 426 g/mol. The van der Waals surface area contributed by atoms with Crippen LogP contribution in [0.25, 0.3) is 0 Å². The predicted molar refractivity (Wildman–Crippen MR) is 119 cm³/mol. The molecular formula is C24H27NO4S. The first kappa shape index (κ1) is 21.9. The Balaban J connectivity index is 2.08. The molecule has 0 spiro atoms. The zero-order valence-electron chi connectivity index (χ0n) is 17.6. The molecule has 1 fully saturated rings. The molecule has 1 aromatic heterocycles. The fourth-order valence-electron chi connectivity index (χ4n) is 4.22. The van der Waals surface area contributed by atoms with Gasteiger partial charge in [0.1, 0.15) is 6.04 Å². The smallest absolute Gasteiger partial charge is 0.303 e. The molecule has 0 N–H and O–H groups in total. The lowest BCUT2D eigenvalue weighted by atomic mass is 9.95. The minimum atomic E-state index is -0.758. The van der Waals surface area contributed by atoms with Crippen LogP contribution in [0.3, 0.4) is 0 Å². The highest BCUT2D eigenvalue weighted by molar-refractivity contribution is 7.10. The second-order valence-electron chi connectivity index (χ2n) is 7.56. The van der Waals surface area contributed by atoms with E-state index in [1.165, 1.54) is 23.3 Å². The van der Waals surface area contributed by atoms with Crippen molar-refractivity contribution in [2.45, 2.75) is 45.1 Å². The molecular weight excluding hydrogens is 398 g/mol. The maximum atomic E-state index is 13.5. The molecule has 0 aliphatic heterocycles. The molecule has 0 saturated heterocycles. The SMILES string of the molecule is C#CC(=O)N(c1cc(C)c(OC)c(OC)c1)C(C(=O)CC1CCCC1)c1cccs1. The Morgan fingerprint density at radius 3 is 2.57 bits per heavy atom. The summed E-state index contributed by atoms with van der Waals surface area (Å²) in [5, 5.41) is 1.91. The maximum absolute atomic E-state index is 13.5. The number of terminal acetylenes is 1. The maximum Gasteiger partial charge on any atom is 0.303 e. The zero-order chi connectivity index (χ0) is 21.7. The van der Waals surface area contributed by atoms with Crippen LogP contribution in [0.4, 0.5) is 5.69 Å². The summed E-state index contributed by atoms with van der Waals surface area (Å²) < 4.78 is 10.9. The Kier molecular flexibility index (Phi) is 7.17.